The van der Waals surface area contributed by atoms with Crippen molar-refractivity contribution in [3.05, 3.63) is 94.5 Å². The van der Waals surface area contributed by atoms with Crippen LogP contribution in [0.3, 0.4) is 0 Å². The lowest BCUT2D eigenvalue weighted by molar-refractivity contribution is -0.139. The van der Waals surface area contributed by atoms with Crippen molar-refractivity contribution in [2.75, 3.05) is 13.6 Å². The lowest BCUT2D eigenvalue weighted by Crippen LogP contribution is -2.42. The Kier molecular flexibility index (Phi) is 8.40. The van der Waals surface area contributed by atoms with Crippen molar-refractivity contribution in [3.8, 4) is 11.1 Å². The lowest BCUT2D eigenvalue weighted by atomic mass is 9.97. The number of amides is 1. The number of hydrogen-bond acceptors (Lipinski definition) is 4. The van der Waals surface area contributed by atoms with Gasteiger partial charge in [0.25, 0.3) is 5.91 Å². The Morgan fingerprint density at radius 2 is 1.59 bits per heavy atom. The number of carboxylic acid groups (broad SMARTS) is 2. The first-order chi connectivity index (χ1) is 16.2. The van der Waals surface area contributed by atoms with E-state index in [0.717, 1.165) is 22.3 Å². The third-order valence-electron chi connectivity index (χ3n) is 5.29. The predicted molar refractivity (Wildman–Crippen MR) is 130 cm³/mol. The second-order valence-electron chi connectivity index (χ2n) is 7.97. The summed E-state index contributed by atoms with van der Waals surface area (Å²) < 4.78 is 0. The maximum absolute atomic E-state index is 12.5. The molecule has 3 N–H and O–H groups in total. The SMILES string of the molecule is CN(CC(=O)O)Cc1ccccc1-c1ccc(C[C@H](NC(=O)c2ccccc2Cl)C(=O)O)cc1. The topological polar surface area (TPSA) is 107 Å². The quantitative estimate of drug-likeness (QED) is 0.405. The van der Waals surface area contributed by atoms with E-state index in [9.17, 15) is 19.5 Å². The Morgan fingerprint density at radius 3 is 2.24 bits per heavy atom. The van der Waals surface area contributed by atoms with Gasteiger partial charge in [0.2, 0.25) is 0 Å². The summed E-state index contributed by atoms with van der Waals surface area (Å²) in [6, 6.07) is 20.5. The molecule has 34 heavy (non-hydrogen) atoms. The maximum Gasteiger partial charge on any atom is 0.326 e. The Hall–Kier alpha value is -3.68. The molecule has 0 unspecified atom stereocenters. The van der Waals surface area contributed by atoms with Crippen LogP contribution in [0, 0.1) is 0 Å². The molecule has 176 valence electrons. The molecular weight excluding hydrogens is 456 g/mol. The zero-order chi connectivity index (χ0) is 24.7. The van der Waals surface area contributed by atoms with Crippen LogP contribution in [0.25, 0.3) is 11.1 Å². The van der Waals surface area contributed by atoms with E-state index in [0.29, 0.717) is 6.54 Å². The van der Waals surface area contributed by atoms with Gasteiger partial charge in [-0.2, -0.15) is 0 Å². The fourth-order valence-electron chi connectivity index (χ4n) is 3.65. The predicted octanol–water partition coefficient (Wildman–Crippen LogP) is 3.95. The van der Waals surface area contributed by atoms with Crippen molar-refractivity contribution in [1.82, 2.24) is 10.2 Å². The van der Waals surface area contributed by atoms with Crippen molar-refractivity contribution in [3.63, 3.8) is 0 Å². The van der Waals surface area contributed by atoms with Crippen LogP contribution in [-0.2, 0) is 22.6 Å². The molecule has 3 rings (SSSR count). The molecule has 0 aromatic heterocycles. The summed E-state index contributed by atoms with van der Waals surface area (Å²) in [6.07, 6.45) is 0.106. The van der Waals surface area contributed by atoms with Gasteiger partial charge in [-0.25, -0.2) is 4.79 Å². The van der Waals surface area contributed by atoms with Crippen LogP contribution >= 0.6 is 11.6 Å². The van der Waals surface area contributed by atoms with Gasteiger partial charge in [-0.1, -0.05) is 72.3 Å². The fraction of sp³-hybridized carbons (Fsp3) is 0.192. The number of carbonyl (C=O) groups is 3. The van der Waals surface area contributed by atoms with Crippen molar-refractivity contribution < 1.29 is 24.6 Å². The largest absolute Gasteiger partial charge is 0.480 e. The van der Waals surface area contributed by atoms with Gasteiger partial charge >= 0.3 is 11.9 Å². The third-order valence-corrected chi connectivity index (χ3v) is 5.62. The molecular formula is C26H25ClN2O5. The minimum Gasteiger partial charge on any atom is -0.480 e. The Labute approximate surface area is 202 Å². The molecule has 0 radical (unpaired) electrons. The van der Waals surface area contributed by atoms with E-state index in [-0.39, 0.29) is 23.6 Å². The Balaban J connectivity index is 1.74. The van der Waals surface area contributed by atoms with Crippen LogP contribution in [0.5, 0.6) is 0 Å². The highest BCUT2D eigenvalue weighted by Crippen LogP contribution is 2.25. The maximum atomic E-state index is 12.5. The smallest absolute Gasteiger partial charge is 0.326 e. The standard InChI is InChI=1S/C26H25ClN2O5/c1-29(16-24(30)31)15-19-6-2-3-7-20(19)18-12-10-17(11-13-18)14-23(26(33)34)28-25(32)21-8-4-5-9-22(21)27/h2-13,23H,14-16H2,1H3,(H,28,32)(H,30,31)(H,33,34)/t23-/m0/s1. The molecule has 1 amide bonds. The summed E-state index contributed by atoms with van der Waals surface area (Å²) in [5.74, 6) is -2.58. The van der Waals surface area contributed by atoms with Crippen LogP contribution in [0.1, 0.15) is 21.5 Å². The number of carbonyl (C=O) groups excluding carboxylic acids is 1. The summed E-state index contributed by atoms with van der Waals surface area (Å²) in [7, 11) is 1.75. The van der Waals surface area contributed by atoms with Gasteiger partial charge in [0.15, 0.2) is 0 Å². The Bertz CT molecular complexity index is 1180. The number of nitrogens with one attached hydrogen (secondary N) is 1. The van der Waals surface area contributed by atoms with Gasteiger partial charge in [0, 0.05) is 13.0 Å². The van der Waals surface area contributed by atoms with E-state index in [1.165, 1.54) is 6.07 Å². The highest BCUT2D eigenvalue weighted by molar-refractivity contribution is 6.33. The average molecular weight is 481 g/mol. The minimum atomic E-state index is -1.14. The van der Waals surface area contributed by atoms with E-state index in [4.69, 9.17) is 16.7 Å². The van der Waals surface area contributed by atoms with E-state index in [1.807, 2.05) is 48.5 Å². The first-order valence-electron chi connectivity index (χ1n) is 10.6. The lowest BCUT2D eigenvalue weighted by Gasteiger charge is -2.18. The van der Waals surface area contributed by atoms with Crippen LogP contribution < -0.4 is 5.32 Å². The number of aliphatic carboxylic acids is 2. The van der Waals surface area contributed by atoms with Crippen molar-refractivity contribution in [1.29, 1.82) is 0 Å². The summed E-state index contributed by atoms with van der Waals surface area (Å²) in [6.45, 7) is 0.406. The van der Waals surface area contributed by atoms with Crippen LogP contribution in [0.2, 0.25) is 5.02 Å². The van der Waals surface area contributed by atoms with Crippen LogP contribution in [-0.4, -0.2) is 52.6 Å². The minimum absolute atomic E-state index is 0.0657. The highest BCUT2D eigenvalue weighted by atomic mass is 35.5. The first kappa shape index (κ1) is 25.0. The number of halogens is 1. The third kappa shape index (κ3) is 6.66. The monoisotopic (exact) mass is 480 g/mol. The number of rotatable bonds is 10. The van der Waals surface area contributed by atoms with Gasteiger partial charge in [-0.15, -0.1) is 0 Å². The van der Waals surface area contributed by atoms with E-state index >= 15 is 0 Å². The van der Waals surface area contributed by atoms with Crippen molar-refractivity contribution in [2.45, 2.75) is 19.0 Å². The number of likely N-dealkylation sites (N-methyl/N-ethyl adjacent to an activating group) is 1. The van der Waals surface area contributed by atoms with E-state index in [2.05, 4.69) is 5.32 Å². The number of carboxylic acids is 2. The molecule has 3 aromatic rings. The molecule has 0 aliphatic heterocycles. The number of benzene rings is 3. The zero-order valence-electron chi connectivity index (χ0n) is 18.6. The normalized spacial score (nSPS) is 11.7. The van der Waals surface area contributed by atoms with E-state index in [1.54, 1.807) is 30.1 Å². The van der Waals surface area contributed by atoms with Gasteiger partial charge in [0.1, 0.15) is 6.04 Å². The second-order valence-corrected chi connectivity index (χ2v) is 8.38. The van der Waals surface area contributed by atoms with Gasteiger partial charge in [-0.05, 0) is 41.4 Å². The molecule has 0 saturated heterocycles. The molecule has 0 aliphatic rings. The molecule has 0 bridgehead atoms. The molecule has 0 fully saturated rings. The van der Waals surface area contributed by atoms with Gasteiger partial charge in [-0.3, -0.25) is 14.5 Å². The van der Waals surface area contributed by atoms with Gasteiger partial charge < -0.3 is 15.5 Å². The molecule has 8 heteroatoms. The number of hydrogen-bond donors (Lipinski definition) is 3. The number of nitrogens with zero attached hydrogens (tertiary/aromatic N) is 1. The van der Waals surface area contributed by atoms with Crippen molar-refractivity contribution in [2.24, 2.45) is 0 Å². The second kappa shape index (κ2) is 11.4. The highest BCUT2D eigenvalue weighted by Gasteiger charge is 2.22. The van der Waals surface area contributed by atoms with Gasteiger partial charge in [0.05, 0.1) is 17.1 Å². The molecule has 0 saturated carbocycles. The molecule has 7 nitrogen and oxygen atoms in total. The fourth-order valence-corrected chi connectivity index (χ4v) is 3.88. The Morgan fingerprint density at radius 1 is 0.941 bits per heavy atom. The first-order valence-corrected chi connectivity index (χ1v) is 11.0. The van der Waals surface area contributed by atoms with E-state index < -0.39 is 23.9 Å². The molecule has 1 atom stereocenters. The van der Waals surface area contributed by atoms with Crippen LogP contribution in [0.4, 0.5) is 0 Å². The molecule has 0 spiro atoms. The summed E-state index contributed by atoms with van der Waals surface area (Å²) >= 11 is 6.05. The summed E-state index contributed by atoms with van der Waals surface area (Å²) in [5.41, 5.74) is 3.84. The molecule has 0 heterocycles. The average Bonchev–Trinajstić information content (AvgIpc) is 2.79. The molecule has 3 aromatic carbocycles. The summed E-state index contributed by atoms with van der Waals surface area (Å²) in [5, 5.41) is 21.4. The summed E-state index contributed by atoms with van der Waals surface area (Å²) in [4.78, 5) is 37.0. The molecule has 0 aliphatic carbocycles. The van der Waals surface area contributed by atoms with Crippen molar-refractivity contribution >= 4 is 29.4 Å². The zero-order valence-corrected chi connectivity index (χ0v) is 19.3. The van der Waals surface area contributed by atoms with Crippen LogP contribution in [0.15, 0.2) is 72.8 Å².